The molecule has 1 atom stereocenters. The lowest BCUT2D eigenvalue weighted by molar-refractivity contribution is 0.0388. The van der Waals surface area contributed by atoms with E-state index in [-0.39, 0.29) is 18.6 Å². The molecule has 1 saturated heterocycles. The largest absolute Gasteiger partial charge is 0.494 e. The van der Waals surface area contributed by atoms with Crippen molar-refractivity contribution in [3.8, 4) is 5.75 Å². The molecule has 140 valence electrons. The summed E-state index contributed by atoms with van der Waals surface area (Å²) in [6.07, 6.45) is 0.637. The summed E-state index contributed by atoms with van der Waals surface area (Å²) in [6.45, 7) is 5.50. The minimum Gasteiger partial charge on any atom is -0.494 e. The molecule has 0 saturated carbocycles. The Kier molecular flexibility index (Phi) is 6.60. The van der Waals surface area contributed by atoms with Crippen LogP contribution in [0.2, 0.25) is 0 Å². The van der Waals surface area contributed by atoms with Gasteiger partial charge in [-0.2, -0.15) is 0 Å². The smallest absolute Gasteiger partial charge is 0.273 e. The fourth-order valence-electron chi connectivity index (χ4n) is 3.34. The molecule has 0 aliphatic carbocycles. The van der Waals surface area contributed by atoms with Crippen LogP contribution < -0.4 is 4.74 Å². The van der Waals surface area contributed by atoms with E-state index < -0.39 is 0 Å². The molecule has 1 aromatic carbocycles. The summed E-state index contributed by atoms with van der Waals surface area (Å²) in [5.41, 5.74) is 3.32. The molecule has 1 aromatic heterocycles. The van der Waals surface area contributed by atoms with E-state index in [2.05, 4.69) is 16.0 Å². The van der Waals surface area contributed by atoms with E-state index in [0.717, 1.165) is 24.4 Å². The number of benzene rings is 1. The van der Waals surface area contributed by atoms with Gasteiger partial charge in [0.15, 0.2) is 0 Å². The predicted octanol–water partition coefficient (Wildman–Crippen LogP) is 2.25. The van der Waals surface area contributed by atoms with Crippen molar-refractivity contribution >= 4 is 17.2 Å². The Balaban J connectivity index is 1.70. The summed E-state index contributed by atoms with van der Waals surface area (Å²) in [7, 11) is 0. The second-order valence-corrected chi connectivity index (χ2v) is 7.02. The molecule has 3 rings (SSSR count). The number of aliphatic hydroxyl groups excluding tert-OH is 1. The van der Waals surface area contributed by atoms with Crippen LogP contribution >= 0.6 is 11.3 Å². The maximum absolute atomic E-state index is 12.6. The number of ether oxygens (including phenoxy) is 1. The standard InChI is InChI=1S/C19H25N3O3S/c1-2-25-18-6-4-3-5-15(18)11-21-8-9-22(12-16(21)7-10-23)19(24)17-13-26-14-20-17/h3-6,13-14,16,23H,2,7-12H2,1H3. The number of aliphatic hydroxyl groups is 1. The molecule has 26 heavy (non-hydrogen) atoms. The minimum atomic E-state index is -0.0245. The van der Waals surface area contributed by atoms with E-state index in [1.54, 1.807) is 10.9 Å². The average molecular weight is 375 g/mol. The van der Waals surface area contributed by atoms with Crippen LogP contribution in [0.3, 0.4) is 0 Å². The van der Waals surface area contributed by atoms with Gasteiger partial charge in [-0.3, -0.25) is 9.69 Å². The molecular weight excluding hydrogens is 350 g/mol. The average Bonchev–Trinajstić information content (AvgIpc) is 3.19. The summed E-state index contributed by atoms with van der Waals surface area (Å²) in [5, 5.41) is 11.3. The van der Waals surface area contributed by atoms with Crippen LogP contribution in [-0.2, 0) is 6.54 Å². The topological polar surface area (TPSA) is 65.9 Å². The van der Waals surface area contributed by atoms with Gasteiger partial charge in [0.2, 0.25) is 0 Å². The van der Waals surface area contributed by atoms with Crippen molar-refractivity contribution < 1.29 is 14.6 Å². The lowest BCUT2D eigenvalue weighted by Crippen LogP contribution is -2.54. The maximum Gasteiger partial charge on any atom is 0.273 e. The minimum absolute atomic E-state index is 0.0245. The van der Waals surface area contributed by atoms with E-state index in [1.165, 1.54) is 11.3 Å². The molecule has 1 amide bonds. The molecule has 2 aromatic rings. The molecule has 0 spiro atoms. The van der Waals surface area contributed by atoms with Crippen molar-refractivity contribution in [3.63, 3.8) is 0 Å². The number of piperazine rings is 1. The predicted molar refractivity (Wildman–Crippen MR) is 102 cm³/mol. The highest BCUT2D eigenvalue weighted by Crippen LogP contribution is 2.24. The van der Waals surface area contributed by atoms with Gasteiger partial charge in [-0.05, 0) is 19.4 Å². The van der Waals surface area contributed by atoms with Crippen LogP contribution in [-0.4, -0.2) is 64.7 Å². The Morgan fingerprint density at radius 1 is 1.38 bits per heavy atom. The number of rotatable bonds is 7. The van der Waals surface area contributed by atoms with Crippen molar-refractivity contribution in [1.29, 1.82) is 0 Å². The first-order chi connectivity index (χ1) is 12.7. The van der Waals surface area contributed by atoms with E-state index >= 15 is 0 Å². The first-order valence-electron chi connectivity index (χ1n) is 8.96. The highest BCUT2D eigenvalue weighted by atomic mass is 32.1. The van der Waals surface area contributed by atoms with Crippen LogP contribution in [0.5, 0.6) is 5.75 Å². The van der Waals surface area contributed by atoms with Crippen LogP contribution in [0.25, 0.3) is 0 Å². The molecule has 6 nitrogen and oxygen atoms in total. The van der Waals surface area contributed by atoms with E-state index in [9.17, 15) is 9.90 Å². The summed E-state index contributed by atoms with van der Waals surface area (Å²) in [4.78, 5) is 20.9. The summed E-state index contributed by atoms with van der Waals surface area (Å²) in [5.74, 6) is 0.877. The van der Waals surface area contributed by atoms with Crippen molar-refractivity contribution in [2.24, 2.45) is 0 Å². The molecule has 7 heteroatoms. The van der Waals surface area contributed by atoms with Gasteiger partial charge >= 0.3 is 0 Å². The van der Waals surface area contributed by atoms with Gasteiger partial charge in [0, 0.05) is 49.8 Å². The first-order valence-corrected chi connectivity index (χ1v) is 9.90. The second-order valence-electron chi connectivity index (χ2n) is 6.30. The zero-order valence-electron chi connectivity index (χ0n) is 15.0. The molecule has 0 radical (unpaired) electrons. The maximum atomic E-state index is 12.6. The number of carbonyl (C=O) groups excluding carboxylic acids is 1. The van der Waals surface area contributed by atoms with Crippen LogP contribution in [0.4, 0.5) is 0 Å². The Labute approximate surface area is 158 Å². The van der Waals surface area contributed by atoms with Gasteiger partial charge in [-0.15, -0.1) is 11.3 Å². The third kappa shape index (κ3) is 4.41. The van der Waals surface area contributed by atoms with Gasteiger partial charge in [0.1, 0.15) is 11.4 Å². The van der Waals surface area contributed by atoms with Gasteiger partial charge in [0.25, 0.3) is 5.91 Å². The fourth-order valence-corrected chi connectivity index (χ4v) is 3.86. The van der Waals surface area contributed by atoms with Crippen molar-refractivity contribution in [1.82, 2.24) is 14.8 Å². The van der Waals surface area contributed by atoms with Gasteiger partial charge in [-0.25, -0.2) is 4.98 Å². The Morgan fingerprint density at radius 2 is 2.23 bits per heavy atom. The number of nitrogens with zero attached hydrogens (tertiary/aromatic N) is 3. The lowest BCUT2D eigenvalue weighted by atomic mass is 10.1. The second kappa shape index (κ2) is 9.12. The van der Waals surface area contributed by atoms with Crippen LogP contribution in [0, 0.1) is 0 Å². The zero-order valence-corrected chi connectivity index (χ0v) is 15.8. The van der Waals surface area contributed by atoms with Crippen LogP contribution in [0.1, 0.15) is 29.4 Å². The molecule has 1 fully saturated rings. The number of carbonyl (C=O) groups is 1. The number of amides is 1. The SMILES string of the molecule is CCOc1ccccc1CN1CCN(C(=O)c2cscn2)CC1CCO. The number of hydrogen-bond donors (Lipinski definition) is 1. The van der Waals surface area contributed by atoms with Crippen molar-refractivity contribution in [2.45, 2.75) is 25.9 Å². The molecule has 1 aliphatic heterocycles. The molecule has 1 aliphatic rings. The van der Waals surface area contributed by atoms with Crippen molar-refractivity contribution in [3.05, 3.63) is 46.4 Å². The van der Waals surface area contributed by atoms with Gasteiger partial charge < -0.3 is 14.7 Å². The molecular formula is C19H25N3O3S. The van der Waals surface area contributed by atoms with E-state index in [4.69, 9.17) is 4.74 Å². The van der Waals surface area contributed by atoms with E-state index in [1.807, 2.05) is 30.0 Å². The van der Waals surface area contributed by atoms with Gasteiger partial charge in [-0.1, -0.05) is 18.2 Å². The van der Waals surface area contributed by atoms with E-state index in [0.29, 0.717) is 31.8 Å². The Bertz CT molecular complexity index is 708. The summed E-state index contributed by atoms with van der Waals surface area (Å²) >= 11 is 1.43. The third-order valence-electron chi connectivity index (χ3n) is 4.65. The first kappa shape index (κ1) is 18.8. The highest BCUT2D eigenvalue weighted by Gasteiger charge is 2.30. The van der Waals surface area contributed by atoms with Crippen LogP contribution in [0.15, 0.2) is 35.2 Å². The monoisotopic (exact) mass is 375 g/mol. The number of hydrogen-bond acceptors (Lipinski definition) is 6. The molecule has 1 unspecified atom stereocenters. The number of para-hydroxylation sites is 1. The molecule has 0 bridgehead atoms. The number of thiazole rings is 1. The lowest BCUT2D eigenvalue weighted by Gasteiger charge is -2.41. The normalized spacial score (nSPS) is 18.1. The fraction of sp³-hybridized carbons (Fsp3) is 0.474. The highest BCUT2D eigenvalue weighted by molar-refractivity contribution is 7.07. The summed E-state index contributed by atoms with van der Waals surface area (Å²) in [6, 6.07) is 8.17. The number of aromatic nitrogens is 1. The zero-order chi connectivity index (χ0) is 18.4. The quantitative estimate of drug-likeness (QED) is 0.804. The van der Waals surface area contributed by atoms with Crippen molar-refractivity contribution in [2.75, 3.05) is 32.8 Å². The Hall–Kier alpha value is -1.96. The Morgan fingerprint density at radius 3 is 2.96 bits per heavy atom. The molecule has 1 N–H and O–H groups in total. The molecule has 2 heterocycles. The summed E-state index contributed by atoms with van der Waals surface area (Å²) < 4.78 is 5.73. The van der Waals surface area contributed by atoms with Gasteiger partial charge in [0.05, 0.1) is 12.1 Å². The third-order valence-corrected chi connectivity index (χ3v) is 5.24.